The van der Waals surface area contributed by atoms with E-state index >= 15 is 0 Å². The molecule has 27 heavy (non-hydrogen) atoms. The fraction of sp³-hybridized carbons (Fsp3) is 0.550. The lowest BCUT2D eigenvalue weighted by Crippen LogP contribution is -2.52. The number of aromatic hydroxyl groups is 1. The Labute approximate surface area is 159 Å². The maximum Gasteiger partial charge on any atom is 0.257 e. The molecular formula is C20H27N3O4. The molecule has 2 fully saturated rings. The van der Waals surface area contributed by atoms with Gasteiger partial charge in [0.1, 0.15) is 5.75 Å². The Balaban J connectivity index is 1.58. The molecule has 0 aromatic heterocycles. The van der Waals surface area contributed by atoms with Gasteiger partial charge in [-0.2, -0.15) is 0 Å². The van der Waals surface area contributed by atoms with Crippen LogP contribution in [-0.2, 0) is 9.59 Å². The van der Waals surface area contributed by atoms with Crippen LogP contribution in [0.4, 0.5) is 0 Å². The predicted octanol–water partition coefficient (Wildman–Crippen LogP) is 1.32. The van der Waals surface area contributed by atoms with E-state index < -0.39 is 0 Å². The van der Waals surface area contributed by atoms with Crippen LogP contribution in [0.1, 0.15) is 37.6 Å². The average molecular weight is 373 g/mol. The largest absolute Gasteiger partial charge is 0.507 e. The Kier molecular flexibility index (Phi) is 5.13. The van der Waals surface area contributed by atoms with Gasteiger partial charge in [-0.3, -0.25) is 14.4 Å². The number of likely N-dealkylation sites (tertiary alicyclic amines) is 1. The quantitative estimate of drug-likeness (QED) is 0.848. The summed E-state index contributed by atoms with van der Waals surface area (Å²) in [6, 6.07) is 6.47. The minimum Gasteiger partial charge on any atom is -0.507 e. The predicted molar refractivity (Wildman–Crippen MR) is 100 cm³/mol. The number of benzene rings is 1. The van der Waals surface area contributed by atoms with Crippen molar-refractivity contribution in [2.45, 2.75) is 32.7 Å². The molecule has 1 atom stereocenters. The van der Waals surface area contributed by atoms with E-state index in [2.05, 4.69) is 0 Å². The molecule has 2 heterocycles. The number of hydrogen-bond donors (Lipinski definition) is 1. The van der Waals surface area contributed by atoms with Crippen LogP contribution in [0.5, 0.6) is 5.75 Å². The zero-order valence-corrected chi connectivity index (χ0v) is 16.1. The van der Waals surface area contributed by atoms with E-state index in [1.807, 2.05) is 20.8 Å². The van der Waals surface area contributed by atoms with Crippen LogP contribution < -0.4 is 0 Å². The molecule has 2 aliphatic rings. The first-order chi connectivity index (χ1) is 12.7. The lowest BCUT2D eigenvalue weighted by atomic mass is 10.1. The smallest absolute Gasteiger partial charge is 0.257 e. The molecule has 0 aliphatic carbocycles. The monoisotopic (exact) mass is 373 g/mol. The third kappa shape index (κ3) is 3.91. The number of para-hydroxylation sites is 1. The lowest BCUT2D eigenvalue weighted by Gasteiger charge is -2.36. The average Bonchev–Trinajstić information content (AvgIpc) is 3.03. The van der Waals surface area contributed by atoms with Crippen molar-refractivity contribution in [2.24, 2.45) is 5.92 Å². The lowest BCUT2D eigenvalue weighted by molar-refractivity contribution is -0.137. The van der Waals surface area contributed by atoms with E-state index in [0.29, 0.717) is 32.7 Å². The summed E-state index contributed by atoms with van der Waals surface area (Å²) in [4.78, 5) is 42.8. The molecule has 146 valence electrons. The van der Waals surface area contributed by atoms with E-state index in [4.69, 9.17) is 0 Å². The summed E-state index contributed by atoms with van der Waals surface area (Å²) in [6.45, 7) is 8.10. The van der Waals surface area contributed by atoms with Gasteiger partial charge in [-0.25, -0.2) is 0 Å². The van der Waals surface area contributed by atoms with Gasteiger partial charge in [-0.15, -0.1) is 0 Å². The number of nitrogens with zero attached hydrogens (tertiary/aromatic N) is 3. The summed E-state index contributed by atoms with van der Waals surface area (Å²) < 4.78 is 0. The Bertz CT molecular complexity index is 748. The molecule has 2 saturated heterocycles. The number of piperazine rings is 1. The van der Waals surface area contributed by atoms with Crippen LogP contribution in [0, 0.1) is 5.92 Å². The number of phenolic OH excluding ortho intramolecular Hbond substituents is 1. The zero-order valence-electron chi connectivity index (χ0n) is 16.1. The summed E-state index contributed by atoms with van der Waals surface area (Å²) >= 11 is 0. The number of hydrogen-bond acceptors (Lipinski definition) is 4. The van der Waals surface area contributed by atoms with E-state index in [-0.39, 0.29) is 46.9 Å². The van der Waals surface area contributed by atoms with E-state index in [0.717, 1.165) is 0 Å². The minimum absolute atomic E-state index is 0.00948. The fourth-order valence-electron chi connectivity index (χ4n) is 3.73. The molecule has 0 saturated carbocycles. The minimum atomic E-state index is -0.308. The Hall–Kier alpha value is -2.57. The molecule has 3 amide bonds. The topological polar surface area (TPSA) is 81.2 Å². The second-order valence-electron chi connectivity index (χ2n) is 8.21. The van der Waals surface area contributed by atoms with Gasteiger partial charge < -0.3 is 19.8 Å². The van der Waals surface area contributed by atoms with Crippen LogP contribution >= 0.6 is 0 Å². The maximum absolute atomic E-state index is 12.8. The van der Waals surface area contributed by atoms with Crippen molar-refractivity contribution >= 4 is 17.7 Å². The summed E-state index contributed by atoms with van der Waals surface area (Å²) in [5.74, 6) is -0.556. The van der Waals surface area contributed by atoms with Crippen molar-refractivity contribution in [3.63, 3.8) is 0 Å². The Morgan fingerprint density at radius 2 is 1.63 bits per heavy atom. The fourth-order valence-corrected chi connectivity index (χ4v) is 3.73. The number of rotatable bonds is 2. The molecule has 1 N–H and O–H groups in total. The third-order valence-electron chi connectivity index (χ3n) is 5.30. The SMILES string of the molecule is CC(C)(C)N1CC(C(=O)N2CCN(C(=O)c3ccccc3O)CC2)CC1=O. The second-order valence-corrected chi connectivity index (χ2v) is 8.21. The zero-order chi connectivity index (χ0) is 19.8. The number of amides is 3. The standard InChI is InChI=1S/C20H27N3O4/c1-20(2,3)23-13-14(12-17(23)25)18(26)21-8-10-22(11-9-21)19(27)15-6-4-5-7-16(15)24/h4-7,14,24H,8-13H2,1-3H3. The molecule has 0 spiro atoms. The molecular weight excluding hydrogens is 346 g/mol. The van der Waals surface area contributed by atoms with Gasteiger partial charge in [0.25, 0.3) is 5.91 Å². The van der Waals surface area contributed by atoms with Crippen LogP contribution in [0.2, 0.25) is 0 Å². The van der Waals surface area contributed by atoms with E-state index in [1.54, 1.807) is 32.9 Å². The van der Waals surface area contributed by atoms with E-state index in [9.17, 15) is 19.5 Å². The first-order valence-corrected chi connectivity index (χ1v) is 9.35. The second kappa shape index (κ2) is 7.21. The molecule has 1 aromatic rings. The van der Waals surface area contributed by atoms with Crippen LogP contribution in [0.15, 0.2) is 24.3 Å². The number of carbonyl (C=O) groups excluding carboxylic acids is 3. The number of phenols is 1. The van der Waals surface area contributed by atoms with Gasteiger partial charge in [0.05, 0.1) is 11.5 Å². The molecule has 1 unspecified atom stereocenters. The first kappa shape index (κ1) is 19.2. The van der Waals surface area contributed by atoms with Crippen molar-refractivity contribution in [1.29, 1.82) is 0 Å². The van der Waals surface area contributed by atoms with Gasteiger partial charge in [0, 0.05) is 44.7 Å². The normalized spacial score (nSPS) is 20.9. The van der Waals surface area contributed by atoms with Gasteiger partial charge >= 0.3 is 0 Å². The van der Waals surface area contributed by atoms with Crippen LogP contribution in [0.25, 0.3) is 0 Å². The van der Waals surface area contributed by atoms with Crippen molar-refractivity contribution in [3.8, 4) is 5.75 Å². The van der Waals surface area contributed by atoms with Crippen LogP contribution in [-0.4, -0.2) is 75.8 Å². The molecule has 7 heteroatoms. The highest BCUT2D eigenvalue weighted by Gasteiger charge is 2.41. The summed E-state index contributed by atoms with van der Waals surface area (Å²) in [7, 11) is 0. The Morgan fingerprint density at radius 1 is 1.04 bits per heavy atom. The highest BCUT2D eigenvalue weighted by Crippen LogP contribution is 2.27. The summed E-state index contributed by atoms with van der Waals surface area (Å²) in [5.41, 5.74) is -0.00552. The highest BCUT2D eigenvalue weighted by molar-refractivity contribution is 5.97. The summed E-state index contributed by atoms with van der Waals surface area (Å²) in [6.07, 6.45) is 0.257. The van der Waals surface area contributed by atoms with Gasteiger partial charge in [-0.1, -0.05) is 12.1 Å². The Morgan fingerprint density at radius 3 is 2.19 bits per heavy atom. The maximum atomic E-state index is 12.8. The van der Waals surface area contributed by atoms with Crippen molar-refractivity contribution < 1.29 is 19.5 Å². The molecule has 3 rings (SSSR count). The van der Waals surface area contributed by atoms with Crippen LogP contribution in [0.3, 0.4) is 0 Å². The van der Waals surface area contributed by atoms with Crippen molar-refractivity contribution in [2.75, 3.05) is 32.7 Å². The van der Waals surface area contributed by atoms with Crippen molar-refractivity contribution in [1.82, 2.24) is 14.7 Å². The number of carbonyl (C=O) groups is 3. The third-order valence-corrected chi connectivity index (χ3v) is 5.30. The van der Waals surface area contributed by atoms with Crippen molar-refractivity contribution in [3.05, 3.63) is 29.8 Å². The summed E-state index contributed by atoms with van der Waals surface area (Å²) in [5, 5.41) is 9.86. The van der Waals surface area contributed by atoms with Gasteiger partial charge in [-0.05, 0) is 32.9 Å². The van der Waals surface area contributed by atoms with Gasteiger partial charge in [0.2, 0.25) is 11.8 Å². The molecule has 7 nitrogen and oxygen atoms in total. The van der Waals surface area contributed by atoms with Gasteiger partial charge in [0.15, 0.2) is 0 Å². The molecule has 2 aliphatic heterocycles. The molecule has 0 bridgehead atoms. The first-order valence-electron chi connectivity index (χ1n) is 9.35. The molecule has 1 aromatic carbocycles. The highest BCUT2D eigenvalue weighted by atomic mass is 16.3. The van der Waals surface area contributed by atoms with E-state index in [1.165, 1.54) is 6.07 Å². The molecule has 0 radical (unpaired) electrons.